The van der Waals surface area contributed by atoms with Gasteiger partial charge in [-0.2, -0.15) is 0 Å². The fourth-order valence-electron chi connectivity index (χ4n) is 2.63. The summed E-state index contributed by atoms with van der Waals surface area (Å²) >= 11 is 6.64. The normalized spacial score (nSPS) is 12.0. The molecule has 0 fully saturated rings. The molecule has 0 N–H and O–H groups in total. The summed E-state index contributed by atoms with van der Waals surface area (Å²) in [7, 11) is -3.99. The predicted octanol–water partition coefficient (Wildman–Crippen LogP) is 6.19. The average Bonchev–Trinajstić information content (AvgIpc) is 2.69. The van der Waals surface area contributed by atoms with Crippen LogP contribution in [0.1, 0.15) is 21.5 Å². The van der Waals surface area contributed by atoms with E-state index in [-0.39, 0.29) is 10.5 Å². The number of carbonyl (C=O) groups is 1. The first-order chi connectivity index (χ1) is 13.7. The van der Waals surface area contributed by atoms with Crippen molar-refractivity contribution in [1.82, 2.24) is 0 Å². The van der Waals surface area contributed by atoms with E-state index in [9.17, 15) is 17.6 Å². The van der Waals surface area contributed by atoms with Gasteiger partial charge in [0.1, 0.15) is 10.7 Å². The molecule has 3 aromatic rings. The third-order valence-electron chi connectivity index (χ3n) is 4.10. The molecule has 0 heterocycles. The zero-order chi connectivity index (χ0) is 21.0. The maximum absolute atomic E-state index is 13.2. The van der Waals surface area contributed by atoms with Gasteiger partial charge in [0.2, 0.25) is 5.78 Å². The monoisotopic (exact) mass is 536 g/mol. The SMILES string of the molecule is O=C(/C(=C/c1ccc(Br)cc1)S(=O)(=O)Cc1ccc(F)cc1)c1ccc(Br)cc1. The van der Waals surface area contributed by atoms with Crippen molar-refractivity contribution >= 4 is 53.6 Å². The Hall–Kier alpha value is -2.09. The van der Waals surface area contributed by atoms with Gasteiger partial charge in [-0.3, -0.25) is 4.79 Å². The zero-order valence-electron chi connectivity index (χ0n) is 15.0. The number of rotatable bonds is 6. The summed E-state index contributed by atoms with van der Waals surface area (Å²) in [6, 6.07) is 18.6. The van der Waals surface area contributed by atoms with E-state index in [2.05, 4.69) is 31.9 Å². The molecule has 3 nitrogen and oxygen atoms in total. The summed E-state index contributed by atoms with van der Waals surface area (Å²) in [6.07, 6.45) is 1.37. The number of ketones is 1. The highest BCUT2D eigenvalue weighted by Gasteiger charge is 2.26. The fraction of sp³-hybridized carbons (Fsp3) is 0.0455. The molecule has 7 heteroatoms. The summed E-state index contributed by atoms with van der Waals surface area (Å²) in [5.41, 5.74) is 1.24. The molecule has 3 rings (SSSR count). The van der Waals surface area contributed by atoms with E-state index in [0.717, 1.165) is 8.95 Å². The summed E-state index contributed by atoms with van der Waals surface area (Å²) in [4.78, 5) is 12.8. The van der Waals surface area contributed by atoms with E-state index in [0.29, 0.717) is 11.1 Å². The summed E-state index contributed by atoms with van der Waals surface area (Å²) in [5, 5.41) is 0. The van der Waals surface area contributed by atoms with Crippen LogP contribution in [0.2, 0.25) is 0 Å². The predicted molar refractivity (Wildman–Crippen MR) is 120 cm³/mol. The standard InChI is InChI=1S/C22H15Br2FO3S/c23-18-7-1-15(2-8-18)13-21(22(26)17-5-9-19(24)10-6-17)29(27,28)14-16-3-11-20(25)12-4-16/h1-13H,14H2/b21-13-. The maximum Gasteiger partial charge on any atom is 0.204 e. The number of hydrogen-bond acceptors (Lipinski definition) is 3. The van der Waals surface area contributed by atoms with E-state index in [1.807, 2.05) is 0 Å². The van der Waals surface area contributed by atoms with Gasteiger partial charge in [0.25, 0.3) is 0 Å². The molecule has 3 aromatic carbocycles. The Morgan fingerprint density at radius 3 is 1.90 bits per heavy atom. The van der Waals surface area contributed by atoms with Gasteiger partial charge in [-0.25, -0.2) is 12.8 Å². The molecule has 0 radical (unpaired) electrons. The Morgan fingerprint density at radius 1 is 0.828 bits per heavy atom. The van der Waals surface area contributed by atoms with Gasteiger partial charge in [0.05, 0.1) is 5.75 Å². The lowest BCUT2D eigenvalue weighted by Gasteiger charge is -2.10. The minimum absolute atomic E-state index is 0.263. The van der Waals surface area contributed by atoms with Crippen molar-refractivity contribution in [1.29, 1.82) is 0 Å². The van der Waals surface area contributed by atoms with Gasteiger partial charge in [0.15, 0.2) is 9.84 Å². The van der Waals surface area contributed by atoms with Crippen LogP contribution in [0, 0.1) is 5.82 Å². The molecule has 0 amide bonds. The highest BCUT2D eigenvalue weighted by molar-refractivity contribution is 9.10. The molecule has 0 aliphatic heterocycles. The first-order valence-electron chi connectivity index (χ1n) is 8.49. The minimum atomic E-state index is -3.99. The lowest BCUT2D eigenvalue weighted by Crippen LogP contribution is -2.16. The molecular formula is C22H15Br2FO3S. The Balaban J connectivity index is 2.05. The Labute approximate surface area is 185 Å². The number of benzene rings is 3. The molecule has 0 aliphatic rings. The average molecular weight is 538 g/mol. The van der Waals surface area contributed by atoms with E-state index in [1.54, 1.807) is 48.5 Å². The summed E-state index contributed by atoms with van der Waals surface area (Å²) in [5.74, 6) is -1.46. The largest absolute Gasteiger partial charge is 0.288 e. The van der Waals surface area contributed by atoms with Crippen LogP contribution in [-0.4, -0.2) is 14.2 Å². The van der Waals surface area contributed by atoms with Gasteiger partial charge < -0.3 is 0 Å². The van der Waals surface area contributed by atoms with Crippen LogP contribution in [0.25, 0.3) is 6.08 Å². The summed E-state index contributed by atoms with van der Waals surface area (Å²) in [6.45, 7) is 0. The van der Waals surface area contributed by atoms with E-state index in [4.69, 9.17) is 0 Å². The third-order valence-corrected chi connectivity index (χ3v) is 6.85. The van der Waals surface area contributed by atoms with Crippen LogP contribution < -0.4 is 0 Å². The highest BCUT2D eigenvalue weighted by Crippen LogP contribution is 2.24. The molecule has 148 valence electrons. The lowest BCUT2D eigenvalue weighted by molar-refractivity contribution is 0.104. The van der Waals surface area contributed by atoms with Gasteiger partial charge in [0, 0.05) is 14.5 Å². The molecule has 0 bridgehead atoms. The van der Waals surface area contributed by atoms with Crippen LogP contribution >= 0.6 is 31.9 Å². The third kappa shape index (κ3) is 5.72. The number of Topliss-reactive ketones (excluding diaryl/α,β-unsaturated/α-hetero) is 1. The van der Waals surface area contributed by atoms with Crippen LogP contribution in [-0.2, 0) is 15.6 Å². The van der Waals surface area contributed by atoms with Gasteiger partial charge in [-0.1, -0.05) is 56.1 Å². The molecule has 29 heavy (non-hydrogen) atoms. The van der Waals surface area contributed by atoms with Crippen molar-refractivity contribution < 1.29 is 17.6 Å². The van der Waals surface area contributed by atoms with Crippen molar-refractivity contribution in [3.63, 3.8) is 0 Å². The zero-order valence-corrected chi connectivity index (χ0v) is 19.0. The second-order valence-corrected chi connectivity index (χ2v) is 10.1. The van der Waals surface area contributed by atoms with E-state index in [1.165, 1.54) is 30.3 Å². The lowest BCUT2D eigenvalue weighted by atomic mass is 10.1. The van der Waals surface area contributed by atoms with Crippen LogP contribution in [0.3, 0.4) is 0 Å². The molecule has 0 saturated heterocycles. The molecule has 0 atom stereocenters. The van der Waals surface area contributed by atoms with Crippen molar-refractivity contribution in [3.05, 3.63) is 109 Å². The fourth-order valence-corrected chi connectivity index (χ4v) is 4.66. The van der Waals surface area contributed by atoms with Gasteiger partial charge in [-0.05, 0) is 65.7 Å². The molecule has 0 saturated carbocycles. The second-order valence-electron chi connectivity index (χ2n) is 6.28. The van der Waals surface area contributed by atoms with Crippen molar-refractivity contribution in [2.75, 3.05) is 0 Å². The molecular weight excluding hydrogens is 523 g/mol. The first kappa shape index (κ1) is 21.6. The first-order valence-corrected chi connectivity index (χ1v) is 11.7. The minimum Gasteiger partial charge on any atom is -0.288 e. The summed E-state index contributed by atoms with van der Waals surface area (Å²) < 4.78 is 41.0. The Morgan fingerprint density at radius 2 is 1.34 bits per heavy atom. The van der Waals surface area contributed by atoms with E-state index >= 15 is 0 Å². The number of allylic oxidation sites excluding steroid dienone is 1. The van der Waals surface area contributed by atoms with Crippen LogP contribution in [0.15, 0.2) is 86.6 Å². The smallest absolute Gasteiger partial charge is 0.204 e. The molecule has 0 aliphatic carbocycles. The van der Waals surface area contributed by atoms with Crippen LogP contribution in [0.4, 0.5) is 4.39 Å². The maximum atomic E-state index is 13.2. The number of carbonyl (C=O) groups excluding carboxylic acids is 1. The van der Waals surface area contributed by atoms with Crippen molar-refractivity contribution in [2.24, 2.45) is 0 Å². The highest BCUT2D eigenvalue weighted by atomic mass is 79.9. The molecule has 0 aromatic heterocycles. The van der Waals surface area contributed by atoms with Crippen molar-refractivity contribution in [2.45, 2.75) is 5.75 Å². The van der Waals surface area contributed by atoms with Gasteiger partial charge >= 0.3 is 0 Å². The number of halogens is 3. The van der Waals surface area contributed by atoms with E-state index < -0.39 is 27.2 Å². The number of sulfone groups is 1. The number of hydrogen-bond donors (Lipinski definition) is 0. The molecule has 0 spiro atoms. The Kier molecular flexibility index (Phi) is 6.82. The molecule has 0 unspecified atom stereocenters. The second kappa shape index (κ2) is 9.15. The van der Waals surface area contributed by atoms with Gasteiger partial charge in [-0.15, -0.1) is 0 Å². The topological polar surface area (TPSA) is 51.2 Å². The van der Waals surface area contributed by atoms with Crippen molar-refractivity contribution in [3.8, 4) is 0 Å². The van der Waals surface area contributed by atoms with Crippen LogP contribution in [0.5, 0.6) is 0 Å². The Bertz CT molecular complexity index is 1150. The quantitative estimate of drug-likeness (QED) is 0.278.